The maximum absolute atomic E-state index is 11.3. The maximum atomic E-state index is 11.3. The number of hydrogen-bond acceptors (Lipinski definition) is 2. The SMILES string of the molecule is CSc1ccc2c(c1)CCCC(=O)N2. The van der Waals surface area contributed by atoms with Crippen LogP contribution in [0.3, 0.4) is 0 Å². The summed E-state index contributed by atoms with van der Waals surface area (Å²) in [6.07, 6.45) is 4.67. The normalized spacial score (nSPS) is 15.6. The quantitative estimate of drug-likeness (QED) is 0.717. The molecule has 1 aromatic rings. The van der Waals surface area contributed by atoms with Crippen LogP contribution in [-0.4, -0.2) is 12.2 Å². The van der Waals surface area contributed by atoms with E-state index in [2.05, 4.69) is 23.7 Å². The summed E-state index contributed by atoms with van der Waals surface area (Å²) < 4.78 is 0. The van der Waals surface area contributed by atoms with Gasteiger partial charge in [0.25, 0.3) is 0 Å². The molecular weight excluding hydrogens is 194 g/mol. The average Bonchev–Trinajstić information content (AvgIpc) is 2.37. The molecule has 1 aromatic carbocycles. The molecule has 0 atom stereocenters. The molecule has 0 saturated carbocycles. The molecule has 0 radical (unpaired) electrons. The summed E-state index contributed by atoms with van der Waals surface area (Å²) in [5, 5.41) is 2.93. The summed E-state index contributed by atoms with van der Waals surface area (Å²) in [6.45, 7) is 0. The van der Waals surface area contributed by atoms with Gasteiger partial charge in [0.05, 0.1) is 0 Å². The Balaban J connectivity index is 2.35. The molecule has 0 aromatic heterocycles. The zero-order chi connectivity index (χ0) is 9.97. The summed E-state index contributed by atoms with van der Waals surface area (Å²) in [6, 6.07) is 6.23. The molecule has 0 saturated heterocycles. The van der Waals surface area contributed by atoms with Gasteiger partial charge in [-0.1, -0.05) is 0 Å². The second kappa shape index (κ2) is 4.05. The number of benzene rings is 1. The van der Waals surface area contributed by atoms with Crippen molar-refractivity contribution in [2.45, 2.75) is 24.2 Å². The van der Waals surface area contributed by atoms with E-state index in [0.29, 0.717) is 6.42 Å². The van der Waals surface area contributed by atoms with E-state index in [0.717, 1.165) is 18.5 Å². The third-order valence-corrected chi connectivity index (χ3v) is 3.16. The fourth-order valence-electron chi connectivity index (χ4n) is 1.68. The molecule has 1 amide bonds. The molecule has 0 aliphatic carbocycles. The highest BCUT2D eigenvalue weighted by Gasteiger charge is 2.12. The van der Waals surface area contributed by atoms with Crippen LogP contribution in [0.1, 0.15) is 18.4 Å². The molecule has 0 bridgehead atoms. The lowest BCUT2D eigenvalue weighted by molar-refractivity contribution is -0.116. The Morgan fingerprint density at radius 3 is 3.00 bits per heavy atom. The Morgan fingerprint density at radius 2 is 2.21 bits per heavy atom. The summed E-state index contributed by atoms with van der Waals surface area (Å²) >= 11 is 1.74. The minimum absolute atomic E-state index is 0.139. The van der Waals surface area contributed by atoms with Crippen LogP contribution in [-0.2, 0) is 11.2 Å². The number of thioether (sulfide) groups is 1. The van der Waals surface area contributed by atoms with Crippen LogP contribution in [0.15, 0.2) is 23.1 Å². The topological polar surface area (TPSA) is 29.1 Å². The average molecular weight is 207 g/mol. The second-order valence-electron chi connectivity index (χ2n) is 3.42. The Kier molecular flexibility index (Phi) is 2.77. The standard InChI is InChI=1S/C11H13NOS/c1-14-9-5-6-10-8(7-9)3-2-4-11(13)12-10/h5-7H,2-4H2,1H3,(H,12,13). The van der Waals surface area contributed by atoms with Gasteiger partial charge in [0.2, 0.25) is 5.91 Å². The van der Waals surface area contributed by atoms with E-state index in [1.54, 1.807) is 11.8 Å². The number of amides is 1. The van der Waals surface area contributed by atoms with Crippen molar-refractivity contribution in [2.24, 2.45) is 0 Å². The van der Waals surface area contributed by atoms with Crippen LogP contribution in [0, 0.1) is 0 Å². The van der Waals surface area contributed by atoms with Crippen LogP contribution in [0.2, 0.25) is 0 Å². The smallest absolute Gasteiger partial charge is 0.224 e. The molecular formula is C11H13NOS. The minimum Gasteiger partial charge on any atom is -0.326 e. The Labute approximate surface area is 88.1 Å². The molecule has 1 N–H and O–H groups in total. The third-order valence-electron chi connectivity index (χ3n) is 2.44. The van der Waals surface area contributed by atoms with Gasteiger partial charge in [-0.3, -0.25) is 4.79 Å². The molecule has 0 unspecified atom stereocenters. The summed E-state index contributed by atoms with van der Waals surface area (Å²) in [4.78, 5) is 12.5. The molecule has 0 spiro atoms. The Hall–Kier alpha value is -0.960. The summed E-state index contributed by atoms with van der Waals surface area (Å²) in [5.74, 6) is 0.139. The first-order chi connectivity index (χ1) is 6.79. The van der Waals surface area contributed by atoms with Crippen molar-refractivity contribution in [3.05, 3.63) is 23.8 Å². The number of anilines is 1. The van der Waals surface area contributed by atoms with E-state index in [1.807, 2.05) is 6.07 Å². The lowest BCUT2D eigenvalue weighted by Gasteiger charge is -2.07. The van der Waals surface area contributed by atoms with Crippen molar-refractivity contribution in [1.82, 2.24) is 0 Å². The first-order valence-corrected chi connectivity index (χ1v) is 5.99. The number of hydrogen-bond donors (Lipinski definition) is 1. The Bertz CT molecular complexity index is 362. The number of aryl methyl sites for hydroxylation is 1. The van der Waals surface area contributed by atoms with Gasteiger partial charge in [0.15, 0.2) is 0 Å². The second-order valence-corrected chi connectivity index (χ2v) is 4.30. The largest absolute Gasteiger partial charge is 0.326 e. The highest BCUT2D eigenvalue weighted by molar-refractivity contribution is 7.98. The highest BCUT2D eigenvalue weighted by Crippen LogP contribution is 2.26. The number of carbonyl (C=O) groups is 1. The van der Waals surface area contributed by atoms with Gasteiger partial charge in [0, 0.05) is 17.0 Å². The zero-order valence-corrected chi connectivity index (χ0v) is 8.99. The molecule has 74 valence electrons. The highest BCUT2D eigenvalue weighted by atomic mass is 32.2. The first kappa shape index (κ1) is 9.59. The van der Waals surface area contributed by atoms with Crippen LogP contribution in [0.5, 0.6) is 0 Å². The maximum Gasteiger partial charge on any atom is 0.224 e. The van der Waals surface area contributed by atoms with Gasteiger partial charge in [-0.05, 0) is 42.9 Å². The molecule has 14 heavy (non-hydrogen) atoms. The molecule has 1 aliphatic rings. The monoisotopic (exact) mass is 207 g/mol. The van der Waals surface area contributed by atoms with Gasteiger partial charge in [-0.15, -0.1) is 11.8 Å². The molecule has 1 aliphatic heterocycles. The predicted octanol–water partition coefficient (Wildman–Crippen LogP) is 2.68. The van der Waals surface area contributed by atoms with Crippen molar-refractivity contribution in [3.8, 4) is 0 Å². The third kappa shape index (κ3) is 1.93. The van der Waals surface area contributed by atoms with Crippen molar-refractivity contribution in [2.75, 3.05) is 11.6 Å². The molecule has 0 fully saturated rings. The fourth-order valence-corrected chi connectivity index (χ4v) is 2.14. The number of rotatable bonds is 1. The van der Waals surface area contributed by atoms with E-state index in [1.165, 1.54) is 10.5 Å². The van der Waals surface area contributed by atoms with E-state index >= 15 is 0 Å². The van der Waals surface area contributed by atoms with Crippen LogP contribution < -0.4 is 5.32 Å². The number of fused-ring (bicyclic) bond motifs is 1. The van der Waals surface area contributed by atoms with Crippen molar-refractivity contribution in [1.29, 1.82) is 0 Å². The molecule has 1 heterocycles. The van der Waals surface area contributed by atoms with Crippen LogP contribution in [0.25, 0.3) is 0 Å². The fraction of sp³-hybridized carbons (Fsp3) is 0.364. The van der Waals surface area contributed by atoms with Gasteiger partial charge >= 0.3 is 0 Å². The lowest BCUT2D eigenvalue weighted by atomic mass is 10.1. The summed E-state index contributed by atoms with van der Waals surface area (Å²) in [5.41, 5.74) is 2.26. The molecule has 2 rings (SSSR count). The van der Waals surface area contributed by atoms with Crippen LogP contribution >= 0.6 is 11.8 Å². The zero-order valence-electron chi connectivity index (χ0n) is 8.17. The Morgan fingerprint density at radius 1 is 1.36 bits per heavy atom. The van der Waals surface area contributed by atoms with E-state index < -0.39 is 0 Å². The lowest BCUT2D eigenvalue weighted by Crippen LogP contribution is -2.08. The van der Waals surface area contributed by atoms with Gasteiger partial charge in [-0.25, -0.2) is 0 Å². The van der Waals surface area contributed by atoms with E-state index in [9.17, 15) is 4.79 Å². The van der Waals surface area contributed by atoms with E-state index in [4.69, 9.17) is 0 Å². The van der Waals surface area contributed by atoms with Crippen molar-refractivity contribution in [3.63, 3.8) is 0 Å². The first-order valence-electron chi connectivity index (χ1n) is 4.76. The van der Waals surface area contributed by atoms with Gasteiger partial charge in [-0.2, -0.15) is 0 Å². The van der Waals surface area contributed by atoms with Crippen molar-refractivity contribution < 1.29 is 4.79 Å². The number of carbonyl (C=O) groups excluding carboxylic acids is 1. The number of nitrogens with one attached hydrogen (secondary N) is 1. The van der Waals surface area contributed by atoms with Gasteiger partial charge in [0.1, 0.15) is 0 Å². The molecule has 3 heteroatoms. The minimum atomic E-state index is 0.139. The van der Waals surface area contributed by atoms with E-state index in [-0.39, 0.29) is 5.91 Å². The molecule has 2 nitrogen and oxygen atoms in total. The van der Waals surface area contributed by atoms with Crippen LogP contribution in [0.4, 0.5) is 5.69 Å². The summed E-state index contributed by atoms with van der Waals surface area (Å²) in [7, 11) is 0. The van der Waals surface area contributed by atoms with Gasteiger partial charge < -0.3 is 5.32 Å². The predicted molar refractivity (Wildman–Crippen MR) is 59.8 cm³/mol. The van der Waals surface area contributed by atoms with Crippen molar-refractivity contribution >= 4 is 23.4 Å².